The van der Waals surface area contributed by atoms with Crippen molar-refractivity contribution in [2.75, 3.05) is 23.9 Å². The van der Waals surface area contributed by atoms with Crippen LogP contribution in [0.5, 0.6) is 0 Å². The van der Waals surface area contributed by atoms with E-state index in [0.717, 1.165) is 46.8 Å². The molecule has 1 heterocycles. The molecule has 0 aliphatic carbocycles. The predicted molar refractivity (Wildman–Crippen MR) is 133 cm³/mol. The Kier molecular flexibility index (Phi) is 6.63. The molecular weight excluding hydrogens is 469 g/mol. The molecule has 1 aliphatic heterocycles. The summed E-state index contributed by atoms with van der Waals surface area (Å²) in [5.41, 5.74) is 1.94. The van der Waals surface area contributed by atoms with E-state index < -0.39 is 29.5 Å². The third-order valence-corrected chi connectivity index (χ3v) is 6.28. The van der Waals surface area contributed by atoms with E-state index in [1.807, 2.05) is 38.1 Å². The minimum absolute atomic E-state index is 0.118. The minimum atomic E-state index is -4.54. The van der Waals surface area contributed by atoms with Gasteiger partial charge < -0.3 is 10.0 Å². The zero-order valence-corrected chi connectivity index (χ0v) is 20.0. The number of aliphatic hydroxyl groups is 1. The molecule has 3 aromatic rings. The number of ketones is 1. The van der Waals surface area contributed by atoms with E-state index in [4.69, 9.17) is 0 Å². The van der Waals surface area contributed by atoms with Crippen molar-refractivity contribution in [3.8, 4) is 0 Å². The molecule has 1 fully saturated rings. The van der Waals surface area contributed by atoms with Crippen molar-refractivity contribution in [2.24, 2.45) is 0 Å². The van der Waals surface area contributed by atoms with Crippen molar-refractivity contribution in [2.45, 2.75) is 25.6 Å². The number of benzene rings is 3. The van der Waals surface area contributed by atoms with E-state index in [-0.39, 0.29) is 17.0 Å². The molecule has 1 aliphatic rings. The van der Waals surface area contributed by atoms with Crippen molar-refractivity contribution in [3.05, 3.63) is 101 Å². The van der Waals surface area contributed by atoms with Gasteiger partial charge in [-0.05, 0) is 53.9 Å². The molecule has 1 amide bonds. The molecule has 1 unspecified atom stereocenters. The van der Waals surface area contributed by atoms with Crippen molar-refractivity contribution in [3.63, 3.8) is 0 Å². The van der Waals surface area contributed by atoms with Crippen LogP contribution in [0.2, 0.25) is 0 Å². The summed E-state index contributed by atoms with van der Waals surface area (Å²) in [6.45, 7) is 1.99. The Morgan fingerprint density at radius 1 is 0.917 bits per heavy atom. The third-order valence-electron chi connectivity index (χ3n) is 6.28. The quantitative estimate of drug-likeness (QED) is 0.270. The highest BCUT2D eigenvalue weighted by Gasteiger charge is 2.47. The van der Waals surface area contributed by atoms with Crippen molar-refractivity contribution in [1.82, 2.24) is 0 Å². The second-order valence-corrected chi connectivity index (χ2v) is 8.75. The normalized spacial score (nSPS) is 17.5. The lowest BCUT2D eigenvalue weighted by molar-refractivity contribution is -0.137. The van der Waals surface area contributed by atoms with E-state index in [2.05, 4.69) is 0 Å². The molecule has 8 heteroatoms. The Morgan fingerprint density at radius 2 is 1.50 bits per heavy atom. The van der Waals surface area contributed by atoms with Crippen LogP contribution in [0, 0.1) is 0 Å². The Morgan fingerprint density at radius 3 is 2.00 bits per heavy atom. The van der Waals surface area contributed by atoms with E-state index in [1.54, 1.807) is 36.4 Å². The minimum Gasteiger partial charge on any atom is -0.507 e. The van der Waals surface area contributed by atoms with Gasteiger partial charge in [0.05, 0.1) is 17.2 Å². The fourth-order valence-corrected chi connectivity index (χ4v) is 4.23. The number of carbonyl (C=O) groups is 2. The summed E-state index contributed by atoms with van der Waals surface area (Å²) in [5.74, 6) is -2.18. The number of halogens is 3. The Balaban J connectivity index is 1.88. The smallest absolute Gasteiger partial charge is 0.416 e. The number of Topliss-reactive ketones (excluding diaryl/α,β-unsaturated/α-hetero) is 1. The number of aliphatic hydroxyl groups excluding tert-OH is 1. The summed E-state index contributed by atoms with van der Waals surface area (Å²) in [6, 6.07) is 17.1. The summed E-state index contributed by atoms with van der Waals surface area (Å²) in [6.07, 6.45) is -3.75. The first kappa shape index (κ1) is 25.0. The third kappa shape index (κ3) is 4.58. The highest BCUT2D eigenvalue weighted by atomic mass is 19.4. The zero-order chi connectivity index (χ0) is 26.2. The molecule has 5 nitrogen and oxygen atoms in total. The van der Waals surface area contributed by atoms with Crippen molar-refractivity contribution >= 4 is 28.8 Å². The van der Waals surface area contributed by atoms with Crippen LogP contribution in [0.3, 0.4) is 0 Å². The SMILES string of the molecule is CCc1ccc(/C(O)=C2\C(=O)C(=O)N(c3ccc(C(F)(F)F)cc3)C2c2ccc(N(C)C)cc2)cc1. The highest BCUT2D eigenvalue weighted by Crippen LogP contribution is 2.43. The molecule has 1 N–H and O–H groups in total. The topological polar surface area (TPSA) is 60.9 Å². The van der Waals surface area contributed by atoms with Gasteiger partial charge in [-0.15, -0.1) is 0 Å². The van der Waals surface area contributed by atoms with E-state index in [9.17, 15) is 27.9 Å². The largest absolute Gasteiger partial charge is 0.507 e. The van der Waals surface area contributed by atoms with Crippen LogP contribution in [0.25, 0.3) is 5.76 Å². The second-order valence-electron chi connectivity index (χ2n) is 8.75. The van der Waals surface area contributed by atoms with Crippen molar-refractivity contribution < 1.29 is 27.9 Å². The molecule has 0 bridgehead atoms. The monoisotopic (exact) mass is 494 g/mol. The van der Waals surface area contributed by atoms with Gasteiger partial charge in [0, 0.05) is 31.0 Å². The molecule has 36 heavy (non-hydrogen) atoms. The Hall–Kier alpha value is -4.07. The van der Waals surface area contributed by atoms with E-state index in [0.29, 0.717) is 11.1 Å². The number of hydrogen-bond donors (Lipinski definition) is 1. The first-order chi connectivity index (χ1) is 17.0. The molecule has 3 aromatic carbocycles. The predicted octanol–water partition coefficient (Wildman–Crippen LogP) is 5.96. The average molecular weight is 495 g/mol. The number of anilines is 2. The first-order valence-corrected chi connectivity index (χ1v) is 11.4. The summed E-state index contributed by atoms with van der Waals surface area (Å²) in [5, 5.41) is 11.2. The maximum absolute atomic E-state index is 13.2. The number of nitrogens with zero attached hydrogens (tertiary/aromatic N) is 2. The van der Waals surface area contributed by atoms with Gasteiger partial charge in [0.2, 0.25) is 0 Å². The van der Waals surface area contributed by atoms with Gasteiger partial charge in [-0.1, -0.05) is 43.3 Å². The maximum Gasteiger partial charge on any atom is 0.416 e. The molecule has 0 radical (unpaired) electrons. The number of hydrogen-bond acceptors (Lipinski definition) is 4. The number of aryl methyl sites for hydroxylation is 1. The maximum atomic E-state index is 13.2. The number of alkyl halides is 3. The summed E-state index contributed by atoms with van der Waals surface area (Å²) in [7, 11) is 3.73. The fraction of sp³-hybridized carbons (Fsp3) is 0.214. The van der Waals surface area contributed by atoms with Gasteiger partial charge >= 0.3 is 6.18 Å². The van der Waals surface area contributed by atoms with Crippen LogP contribution in [0.1, 0.15) is 35.2 Å². The van der Waals surface area contributed by atoms with Crippen molar-refractivity contribution in [1.29, 1.82) is 0 Å². The first-order valence-electron chi connectivity index (χ1n) is 11.4. The number of carbonyl (C=O) groups excluding carboxylic acids is 2. The molecule has 0 aromatic heterocycles. The highest BCUT2D eigenvalue weighted by molar-refractivity contribution is 6.51. The van der Waals surface area contributed by atoms with E-state index >= 15 is 0 Å². The van der Waals surface area contributed by atoms with Crippen LogP contribution in [0.15, 0.2) is 78.4 Å². The second kappa shape index (κ2) is 9.53. The zero-order valence-electron chi connectivity index (χ0n) is 20.0. The number of amides is 1. The van der Waals surface area contributed by atoms with Gasteiger partial charge in [-0.3, -0.25) is 14.5 Å². The number of rotatable bonds is 5. The van der Waals surface area contributed by atoms with Gasteiger partial charge in [-0.25, -0.2) is 0 Å². The summed E-state index contributed by atoms with van der Waals surface area (Å²) >= 11 is 0. The summed E-state index contributed by atoms with van der Waals surface area (Å²) in [4.78, 5) is 29.4. The lowest BCUT2D eigenvalue weighted by atomic mass is 9.94. The lowest BCUT2D eigenvalue weighted by Crippen LogP contribution is -2.29. The molecule has 1 atom stereocenters. The van der Waals surface area contributed by atoms with Gasteiger partial charge in [0.1, 0.15) is 5.76 Å². The Bertz CT molecular complexity index is 1310. The molecule has 186 valence electrons. The Labute approximate surface area is 207 Å². The fourth-order valence-electron chi connectivity index (χ4n) is 4.23. The van der Waals surface area contributed by atoms with Crippen LogP contribution in [-0.2, 0) is 22.2 Å². The standard InChI is InChI=1S/C28H25F3N2O3/c1-4-17-5-7-19(8-6-17)25(34)23-24(18-9-13-21(14-10-18)32(2)3)33(27(36)26(23)35)22-15-11-20(12-16-22)28(29,30)31/h5-16,24,34H,4H2,1-3H3/b25-23+. The average Bonchev–Trinajstić information content (AvgIpc) is 3.13. The summed E-state index contributed by atoms with van der Waals surface area (Å²) < 4.78 is 39.3. The van der Waals surface area contributed by atoms with Gasteiger partial charge in [0.25, 0.3) is 11.7 Å². The van der Waals surface area contributed by atoms with Gasteiger partial charge in [-0.2, -0.15) is 13.2 Å². The molecular formula is C28H25F3N2O3. The molecule has 4 rings (SSSR count). The van der Waals surface area contributed by atoms with Crippen LogP contribution in [0.4, 0.5) is 24.5 Å². The molecule has 1 saturated heterocycles. The van der Waals surface area contributed by atoms with Crippen LogP contribution >= 0.6 is 0 Å². The van der Waals surface area contributed by atoms with Crippen LogP contribution < -0.4 is 9.80 Å². The molecule has 0 saturated carbocycles. The van der Waals surface area contributed by atoms with Crippen LogP contribution in [-0.4, -0.2) is 30.9 Å². The lowest BCUT2D eigenvalue weighted by Gasteiger charge is -2.26. The van der Waals surface area contributed by atoms with Gasteiger partial charge in [0.15, 0.2) is 0 Å². The molecule has 0 spiro atoms. The van der Waals surface area contributed by atoms with E-state index in [1.165, 1.54) is 0 Å².